The topological polar surface area (TPSA) is 80.1 Å². The molecule has 0 radical (unpaired) electrons. The maximum Gasteiger partial charge on any atom is 0.277 e. The number of aryl methyl sites for hydroxylation is 1. The lowest BCUT2D eigenvalue weighted by Gasteiger charge is -2.34. The molecule has 0 saturated carbocycles. The number of hydrogen-bond acceptors (Lipinski definition) is 6. The van der Waals surface area contributed by atoms with Gasteiger partial charge in [-0.05, 0) is 61.9 Å². The van der Waals surface area contributed by atoms with Crippen LogP contribution in [-0.2, 0) is 4.79 Å². The van der Waals surface area contributed by atoms with Crippen molar-refractivity contribution in [2.45, 2.75) is 32.7 Å². The van der Waals surface area contributed by atoms with E-state index in [1.54, 1.807) is 17.0 Å². The Morgan fingerprint density at radius 1 is 1.21 bits per heavy atom. The molecular formula is C26H27N5O2S. The second-order valence-electron chi connectivity index (χ2n) is 8.82. The number of nitrogens with one attached hydrogen (secondary N) is 1. The maximum absolute atomic E-state index is 13.5. The van der Waals surface area contributed by atoms with Gasteiger partial charge >= 0.3 is 0 Å². The number of hydrogen-bond donors (Lipinski definition) is 1. The second-order valence-corrected chi connectivity index (χ2v) is 9.74. The third kappa shape index (κ3) is 4.33. The summed E-state index contributed by atoms with van der Waals surface area (Å²) < 4.78 is 2.33. The Bertz CT molecular complexity index is 1360. The maximum atomic E-state index is 13.5. The molecule has 0 spiro atoms. The van der Waals surface area contributed by atoms with Gasteiger partial charge in [0.15, 0.2) is 0 Å². The molecule has 3 aromatic heterocycles. The molecule has 174 valence electrons. The monoisotopic (exact) mass is 473 g/mol. The predicted molar refractivity (Wildman–Crippen MR) is 136 cm³/mol. The number of carbonyl (C=O) groups is 1. The van der Waals surface area contributed by atoms with E-state index in [9.17, 15) is 9.59 Å². The molecule has 4 aromatic rings. The van der Waals surface area contributed by atoms with Gasteiger partial charge in [0.25, 0.3) is 5.56 Å². The number of piperidine rings is 1. The lowest BCUT2D eigenvalue weighted by atomic mass is 9.96. The van der Waals surface area contributed by atoms with Crippen molar-refractivity contribution in [1.29, 1.82) is 0 Å². The molecule has 1 amide bonds. The summed E-state index contributed by atoms with van der Waals surface area (Å²) in [7, 11) is 0. The first kappa shape index (κ1) is 22.3. The number of pyridine rings is 1. The molecule has 2 atom stereocenters. The quantitative estimate of drug-likeness (QED) is 0.469. The van der Waals surface area contributed by atoms with E-state index in [0.717, 1.165) is 36.2 Å². The zero-order valence-electron chi connectivity index (χ0n) is 19.3. The van der Waals surface area contributed by atoms with E-state index in [0.29, 0.717) is 22.7 Å². The fourth-order valence-electron chi connectivity index (χ4n) is 4.46. The van der Waals surface area contributed by atoms with Crippen molar-refractivity contribution in [3.63, 3.8) is 0 Å². The van der Waals surface area contributed by atoms with Crippen molar-refractivity contribution in [3.05, 3.63) is 81.7 Å². The molecular weight excluding hydrogens is 446 g/mol. The molecule has 0 bridgehead atoms. The lowest BCUT2D eigenvalue weighted by molar-refractivity contribution is -0.125. The standard InChI is InChI=1S/C26H27N5O2S/c1-17-7-9-21(10-8-17)31-25(33)23-22(11-14-34-23)29-26(31)30-13-4-6-20(16-30)24(32)28-18(2)19-5-3-12-27-15-19/h3,5,7-12,14-15,18,20H,4,6,13,16H2,1-2H3,(H,28,32)/t18-,20-/m1/s1. The average molecular weight is 474 g/mol. The van der Waals surface area contributed by atoms with Crippen molar-refractivity contribution in [3.8, 4) is 5.69 Å². The Kier molecular flexibility index (Phi) is 6.15. The fourth-order valence-corrected chi connectivity index (χ4v) is 5.22. The van der Waals surface area contributed by atoms with Crippen LogP contribution in [0.5, 0.6) is 0 Å². The van der Waals surface area contributed by atoms with E-state index in [-0.39, 0.29) is 23.4 Å². The van der Waals surface area contributed by atoms with Crippen LogP contribution in [-0.4, -0.2) is 33.5 Å². The third-order valence-electron chi connectivity index (χ3n) is 6.37. The van der Waals surface area contributed by atoms with Crippen LogP contribution in [0.25, 0.3) is 15.9 Å². The highest BCUT2D eigenvalue weighted by atomic mass is 32.1. The van der Waals surface area contributed by atoms with Crippen LogP contribution in [0.15, 0.2) is 65.0 Å². The van der Waals surface area contributed by atoms with E-state index < -0.39 is 0 Å². The number of amides is 1. The molecule has 1 fully saturated rings. The van der Waals surface area contributed by atoms with Gasteiger partial charge in [-0.15, -0.1) is 11.3 Å². The van der Waals surface area contributed by atoms with E-state index >= 15 is 0 Å². The van der Waals surface area contributed by atoms with Crippen LogP contribution in [0.2, 0.25) is 0 Å². The summed E-state index contributed by atoms with van der Waals surface area (Å²) >= 11 is 1.41. The Labute approximate surface area is 202 Å². The summed E-state index contributed by atoms with van der Waals surface area (Å²) in [6.45, 7) is 5.25. The molecule has 1 aliphatic rings. The minimum absolute atomic E-state index is 0.0156. The molecule has 1 N–H and O–H groups in total. The minimum atomic E-state index is -0.186. The molecule has 0 aliphatic carbocycles. The zero-order valence-corrected chi connectivity index (χ0v) is 20.1. The number of nitrogens with zero attached hydrogens (tertiary/aromatic N) is 4. The van der Waals surface area contributed by atoms with Crippen LogP contribution in [0.1, 0.15) is 36.9 Å². The van der Waals surface area contributed by atoms with Crippen molar-refractivity contribution in [2.75, 3.05) is 18.0 Å². The molecule has 1 aliphatic heterocycles. The summed E-state index contributed by atoms with van der Waals surface area (Å²) in [6, 6.07) is 13.5. The number of anilines is 1. The van der Waals surface area contributed by atoms with Crippen LogP contribution in [0, 0.1) is 12.8 Å². The minimum Gasteiger partial charge on any atom is -0.349 e. The van der Waals surface area contributed by atoms with Gasteiger partial charge in [-0.25, -0.2) is 9.55 Å². The van der Waals surface area contributed by atoms with Crippen LogP contribution < -0.4 is 15.8 Å². The first-order chi connectivity index (χ1) is 16.5. The van der Waals surface area contributed by atoms with E-state index in [1.165, 1.54) is 11.3 Å². The number of rotatable bonds is 5. The Hall–Kier alpha value is -3.52. The van der Waals surface area contributed by atoms with Crippen LogP contribution >= 0.6 is 11.3 Å². The Balaban J connectivity index is 1.45. The second kappa shape index (κ2) is 9.38. The van der Waals surface area contributed by atoms with Crippen molar-refractivity contribution in [1.82, 2.24) is 19.9 Å². The Morgan fingerprint density at radius 2 is 2.03 bits per heavy atom. The molecule has 34 heavy (non-hydrogen) atoms. The summed E-state index contributed by atoms with van der Waals surface area (Å²) in [4.78, 5) is 37.7. The third-order valence-corrected chi connectivity index (χ3v) is 7.26. The van der Waals surface area contributed by atoms with Crippen LogP contribution in [0.3, 0.4) is 0 Å². The van der Waals surface area contributed by atoms with Crippen molar-refractivity contribution in [2.24, 2.45) is 5.92 Å². The number of fused-ring (bicyclic) bond motifs is 1. The number of aromatic nitrogens is 3. The molecule has 4 heterocycles. The SMILES string of the molecule is Cc1ccc(-n2c(N3CCC[C@@H](C(=O)N[C@H](C)c4cccnc4)C3)nc3ccsc3c2=O)cc1. The molecule has 0 unspecified atom stereocenters. The van der Waals surface area contributed by atoms with Gasteiger partial charge in [0.1, 0.15) is 4.70 Å². The first-order valence-corrected chi connectivity index (χ1v) is 12.4. The van der Waals surface area contributed by atoms with Gasteiger partial charge in [0.05, 0.1) is 23.2 Å². The summed E-state index contributed by atoms with van der Waals surface area (Å²) in [5.74, 6) is 0.425. The highest BCUT2D eigenvalue weighted by Gasteiger charge is 2.30. The van der Waals surface area contributed by atoms with Gasteiger partial charge < -0.3 is 10.2 Å². The number of carbonyl (C=O) groups excluding carboxylic acids is 1. The highest BCUT2D eigenvalue weighted by Crippen LogP contribution is 2.27. The summed E-state index contributed by atoms with van der Waals surface area (Å²) in [5.41, 5.74) is 3.51. The highest BCUT2D eigenvalue weighted by molar-refractivity contribution is 7.17. The van der Waals surface area contributed by atoms with Gasteiger partial charge in [0, 0.05) is 25.5 Å². The molecule has 5 rings (SSSR count). The van der Waals surface area contributed by atoms with Gasteiger partial charge in [0.2, 0.25) is 11.9 Å². The largest absolute Gasteiger partial charge is 0.349 e. The van der Waals surface area contributed by atoms with Gasteiger partial charge in [-0.1, -0.05) is 23.8 Å². The summed E-state index contributed by atoms with van der Waals surface area (Å²) in [5, 5.41) is 5.03. The summed E-state index contributed by atoms with van der Waals surface area (Å²) in [6.07, 6.45) is 5.16. The van der Waals surface area contributed by atoms with E-state index in [4.69, 9.17) is 4.98 Å². The molecule has 1 aromatic carbocycles. The lowest BCUT2D eigenvalue weighted by Crippen LogP contribution is -2.45. The van der Waals surface area contributed by atoms with Crippen molar-refractivity contribution >= 4 is 33.4 Å². The normalized spacial score (nSPS) is 17.0. The van der Waals surface area contributed by atoms with Gasteiger partial charge in [-0.2, -0.15) is 0 Å². The smallest absolute Gasteiger partial charge is 0.277 e. The predicted octanol–water partition coefficient (Wildman–Crippen LogP) is 4.24. The first-order valence-electron chi connectivity index (χ1n) is 11.5. The average Bonchev–Trinajstić information content (AvgIpc) is 3.34. The fraction of sp³-hybridized carbons (Fsp3) is 0.308. The zero-order chi connectivity index (χ0) is 23.7. The van der Waals surface area contributed by atoms with Gasteiger partial charge in [-0.3, -0.25) is 14.6 Å². The number of thiophene rings is 1. The molecule has 1 saturated heterocycles. The molecule has 8 heteroatoms. The van der Waals surface area contributed by atoms with Crippen LogP contribution in [0.4, 0.5) is 5.95 Å². The van der Waals surface area contributed by atoms with E-state index in [1.807, 2.05) is 61.7 Å². The number of benzene rings is 1. The van der Waals surface area contributed by atoms with Crippen molar-refractivity contribution < 1.29 is 4.79 Å². The molecule has 7 nitrogen and oxygen atoms in total. The van der Waals surface area contributed by atoms with E-state index in [2.05, 4.69) is 15.2 Å². The Morgan fingerprint density at radius 3 is 2.79 bits per heavy atom.